The summed E-state index contributed by atoms with van der Waals surface area (Å²) in [5, 5.41) is 5.56. The molecule has 7 nitrogen and oxygen atoms in total. The second kappa shape index (κ2) is 13.4. The lowest BCUT2D eigenvalue weighted by atomic mass is 10.2. The van der Waals surface area contributed by atoms with Crippen molar-refractivity contribution in [2.45, 2.75) is 12.5 Å². The van der Waals surface area contributed by atoms with E-state index in [1.165, 1.54) is 0 Å². The Morgan fingerprint density at radius 2 is 1.63 bits per heavy atom. The van der Waals surface area contributed by atoms with Gasteiger partial charge in [-0.1, -0.05) is 18.2 Å². The second-order valence-corrected chi connectivity index (χ2v) is 7.30. The van der Waals surface area contributed by atoms with Gasteiger partial charge in [0, 0.05) is 0 Å². The van der Waals surface area contributed by atoms with Crippen molar-refractivity contribution in [2.75, 3.05) is 38.9 Å². The lowest BCUT2D eigenvalue weighted by Crippen LogP contribution is -2.49. The Balaban J connectivity index is 1.75. The van der Waals surface area contributed by atoms with Gasteiger partial charge in [0.15, 0.2) is 6.61 Å². The second-order valence-electron chi connectivity index (χ2n) is 6.32. The van der Waals surface area contributed by atoms with Crippen LogP contribution in [0.3, 0.4) is 0 Å². The fraction of sp³-hybridized carbons (Fsp3) is 0.364. The van der Waals surface area contributed by atoms with Crippen molar-refractivity contribution in [2.24, 2.45) is 0 Å². The number of para-hydroxylation sites is 1. The van der Waals surface area contributed by atoms with Crippen LogP contribution in [0.25, 0.3) is 0 Å². The summed E-state index contributed by atoms with van der Waals surface area (Å²) >= 11 is 1.62. The van der Waals surface area contributed by atoms with Gasteiger partial charge in [0.05, 0.1) is 13.7 Å². The number of nitrogens with one attached hydrogen (secondary N) is 2. The van der Waals surface area contributed by atoms with Crippen LogP contribution in [0.15, 0.2) is 54.6 Å². The molecule has 0 fully saturated rings. The highest BCUT2D eigenvalue weighted by Crippen LogP contribution is 2.16. The van der Waals surface area contributed by atoms with Crippen LogP contribution < -0.4 is 24.8 Å². The summed E-state index contributed by atoms with van der Waals surface area (Å²) in [6, 6.07) is 15.7. The molecule has 1 atom stereocenters. The number of amides is 2. The summed E-state index contributed by atoms with van der Waals surface area (Å²) in [6.07, 6.45) is 2.49. The Bertz CT molecular complexity index is 771. The number of carbonyl (C=O) groups is 2. The van der Waals surface area contributed by atoms with Gasteiger partial charge in [-0.05, 0) is 54.8 Å². The van der Waals surface area contributed by atoms with Gasteiger partial charge in [-0.3, -0.25) is 9.59 Å². The van der Waals surface area contributed by atoms with E-state index in [4.69, 9.17) is 14.2 Å². The first kappa shape index (κ1) is 23.4. The molecule has 2 amide bonds. The predicted molar refractivity (Wildman–Crippen MR) is 118 cm³/mol. The average Bonchev–Trinajstić information content (AvgIpc) is 2.79. The third-order valence-electron chi connectivity index (χ3n) is 4.10. The molecule has 0 bridgehead atoms. The van der Waals surface area contributed by atoms with E-state index in [1.807, 2.05) is 24.5 Å². The van der Waals surface area contributed by atoms with Crippen molar-refractivity contribution < 1.29 is 23.8 Å². The number of rotatable bonds is 13. The number of carbonyl (C=O) groups excluding carboxylic acids is 2. The van der Waals surface area contributed by atoms with Crippen molar-refractivity contribution in [1.29, 1.82) is 0 Å². The van der Waals surface area contributed by atoms with Gasteiger partial charge >= 0.3 is 0 Å². The normalized spacial score (nSPS) is 11.3. The van der Waals surface area contributed by atoms with Crippen LogP contribution in [0.4, 0.5) is 0 Å². The predicted octanol–water partition coefficient (Wildman–Crippen LogP) is 2.51. The summed E-state index contributed by atoms with van der Waals surface area (Å²) in [7, 11) is 1.60. The molecular formula is C22H28N2O5S. The minimum absolute atomic E-state index is 0.145. The van der Waals surface area contributed by atoms with Gasteiger partial charge in [0.25, 0.3) is 5.91 Å². The summed E-state index contributed by atoms with van der Waals surface area (Å²) in [5.74, 6) is 2.22. The molecule has 2 rings (SSSR count). The quantitative estimate of drug-likeness (QED) is 0.473. The first-order valence-corrected chi connectivity index (χ1v) is 11.0. The zero-order chi connectivity index (χ0) is 21.6. The minimum atomic E-state index is -0.620. The molecule has 0 spiro atoms. The number of hydrogen-bond acceptors (Lipinski definition) is 6. The van der Waals surface area contributed by atoms with Crippen molar-refractivity contribution >= 4 is 23.6 Å². The van der Waals surface area contributed by atoms with E-state index in [0.29, 0.717) is 31.1 Å². The van der Waals surface area contributed by atoms with E-state index in [0.717, 1.165) is 11.5 Å². The maximum atomic E-state index is 12.5. The van der Waals surface area contributed by atoms with E-state index in [1.54, 1.807) is 55.3 Å². The largest absolute Gasteiger partial charge is 0.497 e. The van der Waals surface area contributed by atoms with Crippen LogP contribution in [0, 0.1) is 0 Å². The Morgan fingerprint density at radius 3 is 2.30 bits per heavy atom. The van der Waals surface area contributed by atoms with Gasteiger partial charge < -0.3 is 24.8 Å². The van der Waals surface area contributed by atoms with E-state index >= 15 is 0 Å². The molecule has 162 valence electrons. The first-order valence-electron chi connectivity index (χ1n) is 9.63. The zero-order valence-corrected chi connectivity index (χ0v) is 18.1. The Labute approximate surface area is 181 Å². The topological polar surface area (TPSA) is 85.9 Å². The number of ether oxygens (including phenoxy) is 3. The molecule has 0 saturated carbocycles. The van der Waals surface area contributed by atoms with Gasteiger partial charge in [-0.25, -0.2) is 0 Å². The molecule has 0 saturated heterocycles. The van der Waals surface area contributed by atoms with E-state index < -0.39 is 6.04 Å². The first-order chi connectivity index (χ1) is 14.6. The van der Waals surface area contributed by atoms with E-state index in [-0.39, 0.29) is 18.4 Å². The maximum Gasteiger partial charge on any atom is 0.258 e. The summed E-state index contributed by atoms with van der Waals surface area (Å²) in [5.41, 5.74) is 0. The average molecular weight is 433 g/mol. The number of benzene rings is 2. The smallest absolute Gasteiger partial charge is 0.258 e. The lowest BCUT2D eigenvalue weighted by Gasteiger charge is -2.18. The summed E-state index contributed by atoms with van der Waals surface area (Å²) < 4.78 is 16.1. The lowest BCUT2D eigenvalue weighted by molar-refractivity contribution is -0.130. The highest BCUT2D eigenvalue weighted by Gasteiger charge is 2.20. The van der Waals surface area contributed by atoms with E-state index in [2.05, 4.69) is 10.6 Å². The maximum absolute atomic E-state index is 12.5. The molecule has 0 aromatic heterocycles. The molecule has 0 aliphatic heterocycles. The van der Waals surface area contributed by atoms with Crippen molar-refractivity contribution in [3.8, 4) is 17.2 Å². The van der Waals surface area contributed by atoms with Gasteiger partial charge in [0.2, 0.25) is 5.91 Å². The molecule has 0 aliphatic carbocycles. The molecular weight excluding hydrogens is 404 g/mol. The molecule has 30 heavy (non-hydrogen) atoms. The third kappa shape index (κ3) is 8.65. The zero-order valence-electron chi connectivity index (χ0n) is 17.3. The number of thioether (sulfide) groups is 1. The fourth-order valence-corrected chi connectivity index (χ4v) is 3.02. The molecule has 2 N–H and O–H groups in total. The Kier molecular flexibility index (Phi) is 10.4. The summed E-state index contributed by atoms with van der Waals surface area (Å²) in [6.45, 7) is 0.503. The third-order valence-corrected chi connectivity index (χ3v) is 4.75. The molecule has 0 radical (unpaired) electrons. The van der Waals surface area contributed by atoms with Crippen molar-refractivity contribution in [1.82, 2.24) is 10.6 Å². The molecule has 1 unspecified atom stereocenters. The number of methoxy groups -OCH3 is 1. The molecule has 0 aliphatic rings. The van der Waals surface area contributed by atoms with Crippen LogP contribution in [-0.2, 0) is 9.59 Å². The monoisotopic (exact) mass is 432 g/mol. The highest BCUT2D eigenvalue weighted by molar-refractivity contribution is 7.98. The van der Waals surface area contributed by atoms with Crippen LogP contribution >= 0.6 is 11.8 Å². The molecule has 2 aromatic carbocycles. The highest BCUT2D eigenvalue weighted by atomic mass is 32.2. The Hall–Kier alpha value is -2.87. The van der Waals surface area contributed by atoms with Crippen LogP contribution in [0.5, 0.6) is 17.2 Å². The van der Waals surface area contributed by atoms with Crippen LogP contribution in [0.2, 0.25) is 0 Å². The van der Waals surface area contributed by atoms with Crippen LogP contribution in [0.1, 0.15) is 6.42 Å². The van der Waals surface area contributed by atoms with Gasteiger partial charge in [-0.15, -0.1) is 0 Å². The van der Waals surface area contributed by atoms with Gasteiger partial charge in [0.1, 0.15) is 29.9 Å². The Morgan fingerprint density at radius 1 is 0.967 bits per heavy atom. The van der Waals surface area contributed by atoms with Crippen LogP contribution in [-0.4, -0.2) is 56.7 Å². The van der Waals surface area contributed by atoms with Crippen molar-refractivity contribution in [3.63, 3.8) is 0 Å². The van der Waals surface area contributed by atoms with E-state index in [9.17, 15) is 9.59 Å². The standard InChI is InChI=1S/C22H28N2O5S/c1-27-17-8-10-19(11-9-17)28-14-13-23-22(26)20(12-15-30-2)24-21(25)16-29-18-6-4-3-5-7-18/h3-11,20H,12-16H2,1-2H3,(H,23,26)(H,24,25). The molecule has 8 heteroatoms. The SMILES string of the molecule is COc1ccc(OCCNC(=O)C(CCSC)NC(=O)COc2ccccc2)cc1. The summed E-state index contributed by atoms with van der Waals surface area (Å²) in [4.78, 5) is 24.7. The molecule has 0 heterocycles. The minimum Gasteiger partial charge on any atom is -0.497 e. The molecule has 2 aromatic rings. The van der Waals surface area contributed by atoms with Crippen molar-refractivity contribution in [3.05, 3.63) is 54.6 Å². The fourth-order valence-electron chi connectivity index (χ4n) is 2.54. The van der Waals surface area contributed by atoms with Gasteiger partial charge in [-0.2, -0.15) is 11.8 Å². The number of hydrogen-bond donors (Lipinski definition) is 2.